The molecule has 0 aliphatic carbocycles. The zero-order valence-electron chi connectivity index (χ0n) is 8.94. The molecule has 0 amide bonds. The maximum absolute atomic E-state index is 12.8. The van der Waals surface area contributed by atoms with Crippen LogP contribution in [-0.4, -0.2) is 25.7 Å². The Labute approximate surface area is 94.2 Å². The lowest BCUT2D eigenvalue weighted by atomic mass is 10.1. The molecule has 0 saturated heterocycles. The fourth-order valence-corrected chi connectivity index (χ4v) is 2.66. The Morgan fingerprint density at radius 3 is 2.62 bits per heavy atom. The summed E-state index contributed by atoms with van der Waals surface area (Å²) in [6, 6.07) is 5.04. The molecule has 1 rings (SSSR count). The van der Waals surface area contributed by atoms with E-state index < -0.39 is 27.2 Å². The van der Waals surface area contributed by atoms with Gasteiger partial charge in [0.05, 0.1) is 5.75 Å². The van der Waals surface area contributed by atoms with E-state index in [0.29, 0.717) is 6.42 Å². The summed E-state index contributed by atoms with van der Waals surface area (Å²) in [5, 5.41) is 0. The maximum Gasteiger partial charge on any atom is 0.177 e. The summed E-state index contributed by atoms with van der Waals surface area (Å²) in [7, 11) is -3.36. The molecule has 0 radical (unpaired) electrons. The van der Waals surface area contributed by atoms with Crippen LogP contribution in [0, 0.1) is 5.82 Å². The van der Waals surface area contributed by atoms with E-state index in [4.69, 9.17) is 0 Å². The first kappa shape index (κ1) is 12.8. The second-order valence-electron chi connectivity index (χ2n) is 3.53. The molecule has 3 nitrogen and oxygen atoms in total. The van der Waals surface area contributed by atoms with E-state index in [1.807, 2.05) is 0 Å². The molecule has 0 spiro atoms. The standard InChI is InChI=1S/C11H13FO3S/c1-2-6-16(14,15)8-11(13)9-4-3-5-10(12)7-9/h3-5,7H,2,6,8H2,1H3. The minimum absolute atomic E-state index is 0.0198. The van der Waals surface area contributed by atoms with Gasteiger partial charge in [-0.15, -0.1) is 0 Å². The number of sulfone groups is 1. The summed E-state index contributed by atoms with van der Waals surface area (Å²) in [6.45, 7) is 1.73. The van der Waals surface area contributed by atoms with Gasteiger partial charge in [0, 0.05) is 5.56 Å². The van der Waals surface area contributed by atoms with Gasteiger partial charge in [0.25, 0.3) is 0 Å². The lowest BCUT2D eigenvalue weighted by Crippen LogP contribution is -2.18. The highest BCUT2D eigenvalue weighted by Crippen LogP contribution is 2.06. The largest absolute Gasteiger partial charge is 0.293 e. The smallest absolute Gasteiger partial charge is 0.177 e. The van der Waals surface area contributed by atoms with Crippen molar-refractivity contribution >= 4 is 15.6 Å². The van der Waals surface area contributed by atoms with E-state index in [0.717, 1.165) is 6.07 Å². The van der Waals surface area contributed by atoms with Crippen molar-refractivity contribution in [3.8, 4) is 0 Å². The van der Waals surface area contributed by atoms with Crippen LogP contribution in [0.5, 0.6) is 0 Å². The number of rotatable bonds is 5. The molecule has 0 fully saturated rings. The van der Waals surface area contributed by atoms with Crippen molar-refractivity contribution in [3.05, 3.63) is 35.6 Å². The van der Waals surface area contributed by atoms with Crippen LogP contribution in [0.1, 0.15) is 23.7 Å². The van der Waals surface area contributed by atoms with Gasteiger partial charge in [0.1, 0.15) is 11.6 Å². The fourth-order valence-electron chi connectivity index (χ4n) is 1.33. The summed E-state index contributed by atoms with van der Waals surface area (Å²) in [6.07, 6.45) is 0.471. The van der Waals surface area contributed by atoms with Crippen molar-refractivity contribution in [1.82, 2.24) is 0 Å². The molecular weight excluding hydrogens is 231 g/mol. The van der Waals surface area contributed by atoms with E-state index in [-0.39, 0.29) is 11.3 Å². The molecule has 0 bridgehead atoms. The molecule has 1 aromatic carbocycles. The Morgan fingerprint density at radius 1 is 1.38 bits per heavy atom. The third-order valence-corrected chi connectivity index (χ3v) is 3.75. The molecule has 0 unspecified atom stereocenters. The molecule has 0 N–H and O–H groups in total. The average molecular weight is 244 g/mol. The summed E-state index contributed by atoms with van der Waals surface area (Å²) in [5.41, 5.74) is 0.0969. The van der Waals surface area contributed by atoms with Gasteiger partial charge in [0.2, 0.25) is 0 Å². The Hall–Kier alpha value is -1.23. The van der Waals surface area contributed by atoms with Crippen LogP contribution >= 0.6 is 0 Å². The SMILES string of the molecule is CCCS(=O)(=O)CC(=O)c1cccc(F)c1. The van der Waals surface area contributed by atoms with E-state index in [2.05, 4.69) is 0 Å². The molecular formula is C11H13FO3S. The molecule has 0 aliphatic rings. The topological polar surface area (TPSA) is 51.2 Å². The van der Waals surface area contributed by atoms with Gasteiger partial charge in [-0.25, -0.2) is 12.8 Å². The highest BCUT2D eigenvalue weighted by molar-refractivity contribution is 7.92. The Morgan fingerprint density at radius 2 is 2.06 bits per heavy atom. The predicted molar refractivity (Wildman–Crippen MR) is 59.7 cm³/mol. The Bertz CT molecular complexity index is 480. The van der Waals surface area contributed by atoms with Crippen LogP contribution in [0.3, 0.4) is 0 Å². The Kier molecular flexibility index (Phi) is 4.18. The van der Waals surface area contributed by atoms with E-state index in [1.165, 1.54) is 18.2 Å². The summed E-state index contributed by atoms with van der Waals surface area (Å²) < 4.78 is 35.6. The van der Waals surface area contributed by atoms with Crippen molar-refractivity contribution in [1.29, 1.82) is 0 Å². The molecule has 1 aromatic rings. The molecule has 16 heavy (non-hydrogen) atoms. The first-order valence-electron chi connectivity index (χ1n) is 4.94. The van der Waals surface area contributed by atoms with Gasteiger partial charge in [-0.1, -0.05) is 19.1 Å². The quantitative estimate of drug-likeness (QED) is 0.742. The zero-order valence-corrected chi connectivity index (χ0v) is 9.76. The van der Waals surface area contributed by atoms with Gasteiger partial charge < -0.3 is 0 Å². The fraction of sp³-hybridized carbons (Fsp3) is 0.364. The number of Topliss-reactive ketones (excluding diaryl/α,β-unsaturated/α-hetero) is 1. The van der Waals surface area contributed by atoms with E-state index >= 15 is 0 Å². The molecule has 0 atom stereocenters. The minimum atomic E-state index is -3.36. The van der Waals surface area contributed by atoms with Crippen LogP contribution in [0.4, 0.5) is 4.39 Å². The van der Waals surface area contributed by atoms with Gasteiger partial charge in [-0.05, 0) is 18.6 Å². The third kappa shape index (κ3) is 3.73. The predicted octanol–water partition coefficient (Wildman–Crippen LogP) is 1.83. The third-order valence-electron chi connectivity index (χ3n) is 2.01. The normalized spacial score (nSPS) is 11.4. The zero-order chi connectivity index (χ0) is 12.2. The lowest BCUT2D eigenvalue weighted by Gasteiger charge is -2.02. The second kappa shape index (κ2) is 5.21. The molecule has 0 saturated carbocycles. The van der Waals surface area contributed by atoms with Gasteiger partial charge in [-0.2, -0.15) is 0 Å². The van der Waals surface area contributed by atoms with Crippen LogP contribution in [-0.2, 0) is 9.84 Å². The number of hydrogen-bond acceptors (Lipinski definition) is 3. The van der Waals surface area contributed by atoms with E-state index in [9.17, 15) is 17.6 Å². The lowest BCUT2D eigenvalue weighted by molar-refractivity contribution is 0.102. The highest BCUT2D eigenvalue weighted by atomic mass is 32.2. The summed E-state index contributed by atoms with van der Waals surface area (Å²) in [5.74, 6) is -1.68. The monoisotopic (exact) mass is 244 g/mol. The number of hydrogen-bond donors (Lipinski definition) is 0. The van der Waals surface area contributed by atoms with Gasteiger partial charge in [0.15, 0.2) is 15.6 Å². The van der Waals surface area contributed by atoms with Gasteiger partial charge in [-0.3, -0.25) is 4.79 Å². The number of ketones is 1. The summed E-state index contributed by atoms with van der Waals surface area (Å²) in [4.78, 5) is 11.5. The van der Waals surface area contributed by atoms with Crippen molar-refractivity contribution in [2.75, 3.05) is 11.5 Å². The summed E-state index contributed by atoms with van der Waals surface area (Å²) >= 11 is 0. The van der Waals surface area contributed by atoms with Crippen LogP contribution in [0.25, 0.3) is 0 Å². The Balaban J connectivity index is 2.81. The van der Waals surface area contributed by atoms with Crippen LogP contribution < -0.4 is 0 Å². The molecule has 5 heteroatoms. The molecule has 88 valence electrons. The highest BCUT2D eigenvalue weighted by Gasteiger charge is 2.17. The van der Waals surface area contributed by atoms with Crippen molar-refractivity contribution in [2.24, 2.45) is 0 Å². The van der Waals surface area contributed by atoms with Crippen LogP contribution in [0.2, 0.25) is 0 Å². The first-order valence-corrected chi connectivity index (χ1v) is 6.76. The minimum Gasteiger partial charge on any atom is -0.293 e. The number of carbonyl (C=O) groups is 1. The van der Waals surface area contributed by atoms with Crippen molar-refractivity contribution in [2.45, 2.75) is 13.3 Å². The first-order chi connectivity index (χ1) is 7.44. The maximum atomic E-state index is 12.8. The van der Waals surface area contributed by atoms with E-state index in [1.54, 1.807) is 6.92 Å². The average Bonchev–Trinajstić information content (AvgIpc) is 2.16. The van der Waals surface area contributed by atoms with Crippen LogP contribution in [0.15, 0.2) is 24.3 Å². The molecule has 0 aliphatic heterocycles. The number of carbonyl (C=O) groups excluding carboxylic acids is 1. The number of benzene rings is 1. The van der Waals surface area contributed by atoms with Gasteiger partial charge >= 0.3 is 0 Å². The molecule has 0 heterocycles. The van der Waals surface area contributed by atoms with Crippen molar-refractivity contribution < 1.29 is 17.6 Å². The second-order valence-corrected chi connectivity index (χ2v) is 5.71. The molecule has 0 aromatic heterocycles. The van der Waals surface area contributed by atoms with Crippen molar-refractivity contribution in [3.63, 3.8) is 0 Å². The number of halogens is 1.